The van der Waals surface area contributed by atoms with Crippen LogP contribution in [0.4, 0.5) is 0 Å². The van der Waals surface area contributed by atoms with Crippen molar-refractivity contribution in [3.8, 4) is 11.3 Å². The number of allylic oxidation sites excluding steroid dienone is 2. The first kappa shape index (κ1) is 22.7. The predicted molar refractivity (Wildman–Crippen MR) is 134 cm³/mol. The summed E-state index contributed by atoms with van der Waals surface area (Å²) in [5, 5.41) is 6.08. The Morgan fingerprint density at radius 3 is 2.35 bits per heavy atom. The molecule has 1 heterocycles. The summed E-state index contributed by atoms with van der Waals surface area (Å²) in [6, 6.07) is 19.1. The summed E-state index contributed by atoms with van der Waals surface area (Å²) in [7, 11) is 1.87. The second-order valence-electron chi connectivity index (χ2n) is 10.1. The van der Waals surface area contributed by atoms with Crippen LogP contribution in [0.5, 0.6) is 0 Å². The first-order valence-electron chi connectivity index (χ1n) is 11.0. The van der Waals surface area contributed by atoms with Crippen LogP contribution in [-0.2, 0) is 6.54 Å². The van der Waals surface area contributed by atoms with Crippen LogP contribution in [0.15, 0.2) is 77.6 Å². The van der Waals surface area contributed by atoms with Gasteiger partial charge in [0.1, 0.15) is 0 Å². The highest BCUT2D eigenvalue weighted by atomic mass is 14.9. The van der Waals surface area contributed by atoms with Crippen molar-refractivity contribution < 1.29 is 0 Å². The van der Waals surface area contributed by atoms with E-state index in [-0.39, 0.29) is 10.8 Å². The van der Waals surface area contributed by atoms with Gasteiger partial charge in [-0.15, -0.1) is 0 Å². The summed E-state index contributed by atoms with van der Waals surface area (Å²) in [5.41, 5.74) is 5.69. The van der Waals surface area contributed by atoms with Gasteiger partial charge in [0, 0.05) is 53.0 Å². The van der Waals surface area contributed by atoms with Crippen molar-refractivity contribution in [1.29, 1.82) is 0 Å². The molecule has 0 aliphatic carbocycles. The Morgan fingerprint density at radius 2 is 1.68 bits per heavy atom. The van der Waals surface area contributed by atoms with Crippen molar-refractivity contribution in [2.24, 2.45) is 15.8 Å². The highest BCUT2D eigenvalue weighted by Gasteiger charge is 2.22. The summed E-state index contributed by atoms with van der Waals surface area (Å²) in [5.74, 6) is 0. The van der Waals surface area contributed by atoms with Crippen molar-refractivity contribution in [2.75, 3.05) is 7.05 Å². The average Bonchev–Trinajstić information content (AvgIpc) is 2.71. The second-order valence-corrected chi connectivity index (χ2v) is 10.1. The van der Waals surface area contributed by atoms with Crippen LogP contribution in [0.2, 0.25) is 0 Å². The van der Waals surface area contributed by atoms with E-state index in [0.29, 0.717) is 0 Å². The third-order valence-corrected chi connectivity index (χ3v) is 5.46. The lowest BCUT2D eigenvalue weighted by molar-refractivity contribution is 0.458. The molecule has 0 saturated carbocycles. The van der Waals surface area contributed by atoms with Gasteiger partial charge in [-0.2, -0.15) is 0 Å². The van der Waals surface area contributed by atoms with Gasteiger partial charge < -0.3 is 5.32 Å². The number of benzene rings is 2. The van der Waals surface area contributed by atoms with Crippen LogP contribution in [0, 0.1) is 10.8 Å². The van der Waals surface area contributed by atoms with Gasteiger partial charge in [-0.05, 0) is 29.2 Å². The van der Waals surface area contributed by atoms with Gasteiger partial charge >= 0.3 is 0 Å². The van der Waals surface area contributed by atoms with Gasteiger partial charge in [-0.25, -0.2) is 0 Å². The topological polar surface area (TPSA) is 37.3 Å². The maximum absolute atomic E-state index is 4.68. The number of aliphatic imine (C=N–C) groups is 1. The Hall–Kier alpha value is -2.94. The monoisotopic (exact) mass is 413 g/mol. The smallest absolute Gasteiger partial charge is 0.0780 e. The molecule has 31 heavy (non-hydrogen) atoms. The van der Waals surface area contributed by atoms with E-state index >= 15 is 0 Å². The summed E-state index contributed by atoms with van der Waals surface area (Å²) in [4.78, 5) is 9.23. The van der Waals surface area contributed by atoms with Crippen molar-refractivity contribution >= 4 is 16.5 Å². The zero-order valence-electron chi connectivity index (χ0n) is 20.0. The minimum atomic E-state index is -0.00398. The quantitative estimate of drug-likeness (QED) is 0.456. The van der Waals surface area contributed by atoms with Crippen LogP contribution < -0.4 is 5.32 Å². The Kier molecular flexibility index (Phi) is 6.64. The van der Waals surface area contributed by atoms with E-state index in [0.717, 1.165) is 23.5 Å². The van der Waals surface area contributed by atoms with E-state index in [1.54, 1.807) is 0 Å². The number of fused-ring (bicyclic) bond motifs is 1. The standard InChI is InChI=1S/C28H35N3/c1-27(2,3)24(29-7)18-25(28(4,5)6)31-19-20-11-10-13-22(17-20)26-23-14-9-8-12-21(23)15-16-30-26/h8-18,31H,19H2,1-7H3. The van der Waals surface area contributed by atoms with Crippen LogP contribution in [0.3, 0.4) is 0 Å². The van der Waals surface area contributed by atoms with Crippen LogP contribution in [0.25, 0.3) is 22.0 Å². The molecule has 0 atom stereocenters. The van der Waals surface area contributed by atoms with Crippen molar-refractivity contribution in [1.82, 2.24) is 10.3 Å². The Bertz CT molecular complexity index is 1100. The molecule has 0 aliphatic heterocycles. The lowest BCUT2D eigenvalue weighted by Crippen LogP contribution is -2.28. The number of hydrogen-bond donors (Lipinski definition) is 1. The largest absolute Gasteiger partial charge is 0.384 e. The van der Waals surface area contributed by atoms with Crippen LogP contribution >= 0.6 is 0 Å². The zero-order valence-corrected chi connectivity index (χ0v) is 20.0. The van der Waals surface area contributed by atoms with E-state index < -0.39 is 0 Å². The van der Waals surface area contributed by atoms with Gasteiger partial charge in [0.15, 0.2) is 0 Å². The molecule has 3 nitrogen and oxygen atoms in total. The van der Waals surface area contributed by atoms with Gasteiger partial charge in [0.25, 0.3) is 0 Å². The predicted octanol–water partition coefficient (Wildman–Crippen LogP) is 7.04. The minimum absolute atomic E-state index is 0.00398. The first-order chi connectivity index (χ1) is 14.6. The second kappa shape index (κ2) is 9.05. The summed E-state index contributed by atoms with van der Waals surface area (Å²) < 4.78 is 0. The van der Waals surface area contributed by atoms with E-state index in [4.69, 9.17) is 0 Å². The number of nitrogens with one attached hydrogen (secondary N) is 1. The molecule has 0 amide bonds. The number of rotatable bonds is 5. The summed E-state index contributed by atoms with van der Waals surface area (Å²) in [6.45, 7) is 14.1. The first-order valence-corrected chi connectivity index (χ1v) is 11.0. The Morgan fingerprint density at radius 1 is 0.935 bits per heavy atom. The molecule has 3 aromatic rings. The number of aromatic nitrogens is 1. The van der Waals surface area contributed by atoms with Crippen LogP contribution in [0.1, 0.15) is 47.1 Å². The normalized spacial score (nSPS) is 13.5. The summed E-state index contributed by atoms with van der Waals surface area (Å²) >= 11 is 0. The molecule has 0 radical (unpaired) electrons. The van der Waals surface area contributed by atoms with E-state index in [1.807, 2.05) is 13.2 Å². The lowest BCUT2D eigenvalue weighted by Gasteiger charge is -2.27. The van der Waals surface area contributed by atoms with Gasteiger partial charge in [-0.1, -0.05) is 84.0 Å². The fraction of sp³-hybridized carbons (Fsp3) is 0.357. The molecule has 1 aromatic heterocycles. The maximum Gasteiger partial charge on any atom is 0.0780 e. The molecule has 1 N–H and O–H groups in total. The van der Waals surface area contributed by atoms with E-state index in [1.165, 1.54) is 22.0 Å². The molecular weight excluding hydrogens is 378 g/mol. The number of pyridine rings is 1. The maximum atomic E-state index is 4.68. The zero-order chi connectivity index (χ0) is 22.6. The van der Waals surface area contributed by atoms with E-state index in [2.05, 4.69) is 118 Å². The molecule has 3 rings (SSSR count). The van der Waals surface area contributed by atoms with E-state index in [9.17, 15) is 0 Å². The molecule has 0 fully saturated rings. The van der Waals surface area contributed by atoms with Gasteiger partial charge in [0.05, 0.1) is 5.69 Å². The SMILES string of the molecule is CN=C(C=C(NCc1cccc(-c2nccc3ccccc23)c1)C(C)(C)C)C(C)(C)C. The summed E-state index contributed by atoms with van der Waals surface area (Å²) in [6.07, 6.45) is 4.11. The third-order valence-electron chi connectivity index (χ3n) is 5.46. The molecule has 0 saturated heterocycles. The van der Waals surface area contributed by atoms with Gasteiger partial charge in [-0.3, -0.25) is 9.98 Å². The minimum Gasteiger partial charge on any atom is -0.384 e. The van der Waals surface area contributed by atoms with Gasteiger partial charge in [0.2, 0.25) is 0 Å². The molecule has 2 aromatic carbocycles. The fourth-order valence-corrected chi connectivity index (χ4v) is 3.66. The third kappa shape index (κ3) is 5.61. The van der Waals surface area contributed by atoms with Crippen molar-refractivity contribution in [3.63, 3.8) is 0 Å². The highest BCUT2D eigenvalue weighted by Crippen LogP contribution is 2.29. The molecular formula is C28H35N3. The van der Waals surface area contributed by atoms with Crippen molar-refractivity contribution in [2.45, 2.75) is 48.1 Å². The highest BCUT2D eigenvalue weighted by molar-refractivity contribution is 5.99. The Balaban J connectivity index is 1.89. The molecule has 0 bridgehead atoms. The van der Waals surface area contributed by atoms with Crippen molar-refractivity contribution in [3.05, 3.63) is 78.1 Å². The molecule has 162 valence electrons. The number of nitrogens with zero attached hydrogens (tertiary/aromatic N) is 2. The molecule has 3 heteroatoms. The molecule has 0 unspecified atom stereocenters. The Labute approximate surface area is 187 Å². The molecule has 0 spiro atoms. The average molecular weight is 414 g/mol. The molecule has 0 aliphatic rings. The number of hydrogen-bond acceptors (Lipinski definition) is 3. The lowest BCUT2D eigenvalue weighted by atomic mass is 9.85. The van der Waals surface area contributed by atoms with Crippen LogP contribution in [-0.4, -0.2) is 17.7 Å². The fourth-order valence-electron chi connectivity index (χ4n) is 3.66.